The maximum atomic E-state index is 12.7. The van der Waals surface area contributed by atoms with Gasteiger partial charge in [-0.3, -0.25) is 4.90 Å². The minimum Gasteiger partial charge on any atom is -0.296 e. The van der Waals surface area contributed by atoms with E-state index in [9.17, 15) is 8.42 Å². The Bertz CT molecular complexity index is 786. The van der Waals surface area contributed by atoms with E-state index in [1.807, 2.05) is 6.07 Å². The second-order valence-electron chi connectivity index (χ2n) is 5.34. The second kappa shape index (κ2) is 7.21. The van der Waals surface area contributed by atoms with Gasteiger partial charge in [-0.05, 0) is 46.3 Å². The lowest BCUT2D eigenvalue weighted by atomic mass is 10.3. The molecule has 4 nitrogen and oxygen atoms in total. The van der Waals surface area contributed by atoms with Crippen molar-refractivity contribution in [2.45, 2.75) is 11.4 Å². The summed E-state index contributed by atoms with van der Waals surface area (Å²) < 4.78 is 28.0. The minimum absolute atomic E-state index is 0.264. The molecule has 1 saturated heterocycles. The smallest absolute Gasteiger partial charge is 0.243 e. The third-order valence-corrected chi connectivity index (χ3v) is 7.51. The van der Waals surface area contributed by atoms with E-state index in [2.05, 4.69) is 26.9 Å². The van der Waals surface area contributed by atoms with E-state index in [1.165, 1.54) is 10.9 Å². The summed E-state index contributed by atoms with van der Waals surface area (Å²) in [4.78, 5) is 3.83. The van der Waals surface area contributed by atoms with Gasteiger partial charge >= 0.3 is 0 Å². The lowest BCUT2D eigenvalue weighted by Gasteiger charge is -2.33. The summed E-state index contributed by atoms with van der Waals surface area (Å²) in [5, 5.41) is 0.438. The number of benzene rings is 1. The lowest BCUT2D eigenvalue weighted by molar-refractivity contribution is 0.183. The van der Waals surface area contributed by atoms with Crippen molar-refractivity contribution in [1.29, 1.82) is 0 Å². The zero-order valence-electron chi connectivity index (χ0n) is 12.3. The van der Waals surface area contributed by atoms with Crippen molar-refractivity contribution in [3.63, 3.8) is 0 Å². The van der Waals surface area contributed by atoms with Gasteiger partial charge in [0.15, 0.2) is 0 Å². The topological polar surface area (TPSA) is 40.6 Å². The summed E-state index contributed by atoms with van der Waals surface area (Å²) in [7, 11) is -3.46. The summed E-state index contributed by atoms with van der Waals surface area (Å²) in [6, 6.07) is 10.6. The van der Waals surface area contributed by atoms with Gasteiger partial charge in [0.05, 0.1) is 8.68 Å². The van der Waals surface area contributed by atoms with Crippen molar-refractivity contribution >= 4 is 48.9 Å². The van der Waals surface area contributed by atoms with E-state index in [1.54, 1.807) is 33.8 Å². The third-order valence-electron chi connectivity index (χ3n) is 3.77. The molecule has 0 unspecified atom stereocenters. The van der Waals surface area contributed by atoms with Crippen molar-refractivity contribution in [3.05, 3.63) is 50.1 Å². The zero-order chi connectivity index (χ0) is 16.4. The predicted octanol–water partition coefficient (Wildman–Crippen LogP) is 3.67. The molecule has 1 fully saturated rings. The number of nitrogens with zero attached hydrogens (tertiary/aromatic N) is 2. The van der Waals surface area contributed by atoms with Crippen LogP contribution in [0.1, 0.15) is 4.88 Å². The molecule has 1 aromatic carbocycles. The van der Waals surface area contributed by atoms with Crippen LogP contribution in [0.5, 0.6) is 0 Å². The zero-order valence-corrected chi connectivity index (χ0v) is 16.3. The minimum atomic E-state index is -3.46. The molecule has 2 heterocycles. The molecule has 2 aromatic rings. The van der Waals surface area contributed by atoms with Crippen molar-refractivity contribution in [1.82, 2.24) is 9.21 Å². The Labute approximate surface area is 153 Å². The van der Waals surface area contributed by atoms with Crippen LogP contribution >= 0.6 is 38.9 Å². The van der Waals surface area contributed by atoms with Gasteiger partial charge in [-0.15, -0.1) is 11.3 Å². The average Bonchev–Trinajstić information content (AvgIpc) is 2.93. The second-order valence-corrected chi connectivity index (χ2v) is 10.3. The van der Waals surface area contributed by atoms with Gasteiger partial charge in [0.25, 0.3) is 0 Å². The molecule has 0 aliphatic carbocycles. The fourth-order valence-corrected chi connectivity index (χ4v) is 5.81. The number of rotatable bonds is 4. The van der Waals surface area contributed by atoms with Crippen LogP contribution in [0.3, 0.4) is 0 Å². The molecular formula is C15H16BrClN2O2S2. The normalized spacial score (nSPS) is 17.5. The first-order valence-corrected chi connectivity index (χ1v) is 10.6. The molecule has 0 saturated carbocycles. The van der Waals surface area contributed by atoms with Gasteiger partial charge in [0.2, 0.25) is 10.0 Å². The molecule has 8 heteroatoms. The van der Waals surface area contributed by atoms with Crippen molar-refractivity contribution in [3.8, 4) is 0 Å². The van der Waals surface area contributed by atoms with Gasteiger partial charge in [-0.2, -0.15) is 4.31 Å². The molecular weight excluding hydrogens is 420 g/mol. The highest BCUT2D eigenvalue weighted by Crippen LogP contribution is 2.25. The first-order valence-electron chi connectivity index (χ1n) is 7.17. The van der Waals surface area contributed by atoms with E-state index in [4.69, 9.17) is 11.6 Å². The molecule has 1 aliphatic rings. The van der Waals surface area contributed by atoms with Gasteiger partial charge in [-0.1, -0.05) is 17.7 Å². The summed E-state index contributed by atoms with van der Waals surface area (Å²) in [6.07, 6.45) is 0. The van der Waals surface area contributed by atoms with Gasteiger partial charge in [0, 0.05) is 42.6 Å². The standard InChI is InChI=1S/C15H16BrClN2O2S2/c16-15-5-4-13(22-15)11-18-6-8-19(9-7-18)23(20,21)14-3-1-2-12(17)10-14/h1-5,10H,6-9,11H2. The predicted molar refractivity (Wildman–Crippen MR) is 97.5 cm³/mol. The Balaban J connectivity index is 1.64. The Morgan fingerprint density at radius 3 is 2.48 bits per heavy atom. The van der Waals surface area contributed by atoms with Gasteiger partial charge in [0.1, 0.15) is 0 Å². The average molecular weight is 436 g/mol. The van der Waals surface area contributed by atoms with Crippen LogP contribution in [0.15, 0.2) is 45.1 Å². The molecule has 0 radical (unpaired) electrons. The van der Waals surface area contributed by atoms with Gasteiger partial charge < -0.3 is 0 Å². The molecule has 0 N–H and O–H groups in total. The van der Waals surface area contributed by atoms with Crippen LogP contribution in [-0.4, -0.2) is 43.8 Å². The van der Waals surface area contributed by atoms with Crippen LogP contribution in [0, 0.1) is 0 Å². The molecule has 1 aromatic heterocycles. The van der Waals surface area contributed by atoms with E-state index < -0.39 is 10.0 Å². The van der Waals surface area contributed by atoms with E-state index >= 15 is 0 Å². The number of thiophene rings is 1. The number of piperazine rings is 1. The van der Waals surface area contributed by atoms with Crippen molar-refractivity contribution < 1.29 is 8.42 Å². The Morgan fingerprint density at radius 1 is 1.13 bits per heavy atom. The molecule has 0 atom stereocenters. The highest BCUT2D eigenvalue weighted by atomic mass is 79.9. The van der Waals surface area contributed by atoms with E-state index in [0.29, 0.717) is 18.1 Å². The SMILES string of the molecule is O=S(=O)(c1cccc(Cl)c1)N1CCN(Cc2ccc(Br)s2)CC1. The number of sulfonamides is 1. The van der Waals surface area contributed by atoms with Crippen LogP contribution in [0.4, 0.5) is 0 Å². The first-order chi connectivity index (χ1) is 10.9. The van der Waals surface area contributed by atoms with Crippen LogP contribution in [-0.2, 0) is 16.6 Å². The summed E-state index contributed by atoms with van der Waals surface area (Å²) in [6.45, 7) is 3.33. The van der Waals surface area contributed by atoms with Crippen molar-refractivity contribution in [2.75, 3.05) is 26.2 Å². The largest absolute Gasteiger partial charge is 0.296 e. The fourth-order valence-electron chi connectivity index (χ4n) is 2.56. The van der Waals surface area contributed by atoms with Gasteiger partial charge in [-0.25, -0.2) is 8.42 Å². The summed E-state index contributed by atoms with van der Waals surface area (Å²) in [5.74, 6) is 0. The lowest BCUT2D eigenvalue weighted by Crippen LogP contribution is -2.48. The van der Waals surface area contributed by atoms with Crippen LogP contribution in [0.25, 0.3) is 0 Å². The van der Waals surface area contributed by atoms with Crippen LogP contribution < -0.4 is 0 Å². The monoisotopic (exact) mass is 434 g/mol. The number of halogens is 2. The Hall–Kier alpha value is -0.440. The molecule has 0 bridgehead atoms. The Kier molecular flexibility index (Phi) is 5.45. The Morgan fingerprint density at radius 2 is 1.87 bits per heavy atom. The maximum absolute atomic E-state index is 12.7. The quantitative estimate of drug-likeness (QED) is 0.736. The fraction of sp³-hybridized carbons (Fsp3) is 0.333. The third kappa shape index (κ3) is 4.15. The molecule has 0 amide bonds. The van der Waals surface area contributed by atoms with Crippen molar-refractivity contribution in [2.24, 2.45) is 0 Å². The maximum Gasteiger partial charge on any atom is 0.243 e. The highest BCUT2D eigenvalue weighted by molar-refractivity contribution is 9.11. The number of hydrogen-bond acceptors (Lipinski definition) is 4. The summed E-state index contributed by atoms with van der Waals surface area (Å²) >= 11 is 11.1. The molecule has 0 spiro atoms. The first kappa shape index (κ1) is 17.4. The summed E-state index contributed by atoms with van der Waals surface area (Å²) in [5.41, 5.74) is 0. The molecule has 124 valence electrons. The van der Waals surface area contributed by atoms with E-state index in [0.717, 1.165) is 23.4 Å². The molecule has 23 heavy (non-hydrogen) atoms. The van der Waals surface area contributed by atoms with E-state index in [-0.39, 0.29) is 4.90 Å². The van der Waals surface area contributed by atoms with Crippen LogP contribution in [0.2, 0.25) is 5.02 Å². The highest BCUT2D eigenvalue weighted by Gasteiger charge is 2.28. The molecule has 1 aliphatic heterocycles. The molecule has 3 rings (SSSR count). The number of hydrogen-bond donors (Lipinski definition) is 0.